The predicted molar refractivity (Wildman–Crippen MR) is 131 cm³/mol. The molecule has 2 amide bonds. The molecule has 5 rings (SSSR count). The molecule has 2 aliphatic rings. The topological polar surface area (TPSA) is 103 Å². The van der Waals surface area contributed by atoms with Crippen molar-refractivity contribution >= 4 is 68.9 Å². The van der Waals surface area contributed by atoms with Crippen LogP contribution in [-0.2, 0) is 14.4 Å². The minimum Gasteiger partial charge on any atom is -0.480 e. The van der Waals surface area contributed by atoms with Crippen molar-refractivity contribution in [3.63, 3.8) is 0 Å². The highest BCUT2D eigenvalue weighted by Gasteiger charge is 2.43. The first-order chi connectivity index (χ1) is 16.5. The number of hydrogen-bond acceptors (Lipinski definition) is 6. The van der Waals surface area contributed by atoms with Gasteiger partial charge in [0.15, 0.2) is 5.17 Å². The van der Waals surface area contributed by atoms with Crippen LogP contribution >= 0.6 is 23.4 Å². The van der Waals surface area contributed by atoms with Crippen molar-refractivity contribution in [1.29, 1.82) is 0 Å². The first kappa shape index (κ1) is 21.9. The maximum absolute atomic E-state index is 13.7. The molecule has 1 aromatic heterocycles. The number of carboxylic acids is 1. The van der Waals surface area contributed by atoms with E-state index in [9.17, 15) is 19.5 Å². The number of amides is 2. The molecule has 1 saturated heterocycles. The fourth-order valence-corrected chi connectivity index (χ4v) is 5.00. The van der Waals surface area contributed by atoms with Crippen LogP contribution in [0.4, 0.5) is 17.1 Å². The maximum Gasteiger partial charge on any atom is 0.323 e. The van der Waals surface area contributed by atoms with Gasteiger partial charge in [0, 0.05) is 18.0 Å². The largest absolute Gasteiger partial charge is 0.480 e. The fraction of sp³-hybridized carbons (Fsp3) is 0.0417. The number of carboxylic acid groups (broad SMARTS) is 1. The smallest absolute Gasteiger partial charge is 0.323 e. The number of carbonyl (C=O) groups is 3. The van der Waals surface area contributed by atoms with Crippen LogP contribution < -0.4 is 9.80 Å². The molecule has 0 bridgehead atoms. The lowest BCUT2D eigenvalue weighted by molar-refractivity contribution is -0.136. The maximum atomic E-state index is 13.7. The van der Waals surface area contributed by atoms with Gasteiger partial charge in [-0.3, -0.25) is 29.2 Å². The molecule has 0 atom stereocenters. The van der Waals surface area contributed by atoms with Crippen molar-refractivity contribution in [2.24, 2.45) is 4.99 Å². The Balaban J connectivity index is 1.69. The molecule has 2 aliphatic heterocycles. The minimum absolute atomic E-state index is 0.152. The van der Waals surface area contributed by atoms with Crippen molar-refractivity contribution in [2.45, 2.75) is 0 Å². The second-order valence-electron chi connectivity index (χ2n) is 7.31. The van der Waals surface area contributed by atoms with Gasteiger partial charge in [-0.2, -0.15) is 0 Å². The zero-order valence-corrected chi connectivity index (χ0v) is 19.0. The van der Waals surface area contributed by atoms with Crippen molar-refractivity contribution in [2.75, 3.05) is 16.3 Å². The van der Waals surface area contributed by atoms with E-state index in [1.54, 1.807) is 60.8 Å². The van der Waals surface area contributed by atoms with Gasteiger partial charge in [0.1, 0.15) is 6.54 Å². The van der Waals surface area contributed by atoms with Crippen LogP contribution in [0.2, 0.25) is 5.02 Å². The van der Waals surface area contributed by atoms with Gasteiger partial charge in [-0.15, -0.1) is 0 Å². The summed E-state index contributed by atoms with van der Waals surface area (Å²) >= 11 is 7.29. The van der Waals surface area contributed by atoms with E-state index < -0.39 is 24.3 Å². The number of carbonyl (C=O) groups excluding carboxylic acids is 2. The van der Waals surface area contributed by atoms with Gasteiger partial charge in [-0.05, 0) is 36.0 Å². The van der Waals surface area contributed by atoms with Gasteiger partial charge >= 0.3 is 5.97 Å². The number of aliphatic carboxylic acids is 1. The van der Waals surface area contributed by atoms with Crippen LogP contribution in [0.1, 0.15) is 5.56 Å². The summed E-state index contributed by atoms with van der Waals surface area (Å²) in [6.07, 6.45) is 2.99. The third kappa shape index (κ3) is 3.74. The molecule has 34 heavy (non-hydrogen) atoms. The van der Waals surface area contributed by atoms with Gasteiger partial charge in [0.2, 0.25) is 0 Å². The SMILES string of the molecule is O=C(O)CN1C(=O)/C(=C2\SC(=Nc3ccncc3Cl)N(c3ccccc3)C2=O)c2ccccc21. The molecule has 0 unspecified atom stereocenters. The molecule has 0 saturated carbocycles. The summed E-state index contributed by atoms with van der Waals surface area (Å²) in [6, 6.07) is 17.4. The number of aliphatic imine (C=N–C) groups is 1. The number of pyridine rings is 1. The van der Waals surface area contributed by atoms with Gasteiger partial charge in [-0.1, -0.05) is 48.0 Å². The number of thioether (sulfide) groups is 1. The lowest BCUT2D eigenvalue weighted by Crippen LogP contribution is -2.33. The van der Waals surface area contributed by atoms with E-state index in [0.717, 1.165) is 16.7 Å². The Morgan fingerprint density at radius 1 is 1.03 bits per heavy atom. The third-order valence-corrected chi connectivity index (χ3v) is 6.54. The Bertz CT molecular complexity index is 1410. The molecule has 2 aromatic carbocycles. The molecule has 3 heterocycles. The summed E-state index contributed by atoms with van der Waals surface area (Å²) < 4.78 is 0. The summed E-state index contributed by atoms with van der Waals surface area (Å²) in [5, 5.41) is 9.94. The number of para-hydroxylation sites is 2. The Morgan fingerprint density at radius 2 is 1.76 bits per heavy atom. The number of amidine groups is 1. The lowest BCUT2D eigenvalue weighted by atomic mass is 10.1. The quantitative estimate of drug-likeness (QED) is 0.545. The van der Waals surface area contributed by atoms with E-state index in [-0.39, 0.29) is 10.5 Å². The molecule has 168 valence electrons. The molecule has 3 aromatic rings. The van der Waals surface area contributed by atoms with Gasteiger partial charge in [-0.25, -0.2) is 4.99 Å². The Hall–Kier alpha value is -3.95. The van der Waals surface area contributed by atoms with Crippen LogP contribution in [0.3, 0.4) is 0 Å². The molecule has 1 fully saturated rings. The first-order valence-corrected chi connectivity index (χ1v) is 11.3. The molecule has 0 spiro atoms. The average Bonchev–Trinajstić information content (AvgIpc) is 3.29. The number of aromatic nitrogens is 1. The summed E-state index contributed by atoms with van der Waals surface area (Å²) in [6.45, 7) is -0.512. The monoisotopic (exact) mass is 490 g/mol. The van der Waals surface area contributed by atoms with Crippen molar-refractivity contribution in [1.82, 2.24) is 4.98 Å². The van der Waals surface area contributed by atoms with E-state index >= 15 is 0 Å². The Morgan fingerprint density at radius 3 is 2.50 bits per heavy atom. The third-order valence-electron chi connectivity index (χ3n) is 5.21. The number of fused-ring (bicyclic) bond motifs is 1. The lowest BCUT2D eigenvalue weighted by Gasteiger charge is -2.15. The highest BCUT2D eigenvalue weighted by atomic mass is 35.5. The molecule has 8 nitrogen and oxygen atoms in total. The molecule has 0 radical (unpaired) electrons. The van der Waals surface area contributed by atoms with Crippen LogP contribution in [0.5, 0.6) is 0 Å². The summed E-state index contributed by atoms with van der Waals surface area (Å²) in [5.41, 5.74) is 2.09. The number of hydrogen-bond donors (Lipinski definition) is 1. The van der Waals surface area contributed by atoms with Gasteiger partial charge < -0.3 is 5.11 Å². The van der Waals surface area contributed by atoms with E-state index in [0.29, 0.717) is 32.8 Å². The van der Waals surface area contributed by atoms with E-state index in [2.05, 4.69) is 9.98 Å². The summed E-state index contributed by atoms with van der Waals surface area (Å²) in [7, 11) is 0. The van der Waals surface area contributed by atoms with Crippen LogP contribution in [-0.4, -0.2) is 39.6 Å². The summed E-state index contributed by atoms with van der Waals surface area (Å²) in [4.78, 5) is 49.7. The summed E-state index contributed by atoms with van der Waals surface area (Å²) in [5.74, 6) is -2.13. The molecular formula is C24H15ClN4O4S. The van der Waals surface area contributed by atoms with Crippen molar-refractivity contribution in [3.8, 4) is 0 Å². The molecule has 10 heteroatoms. The molecular weight excluding hydrogens is 476 g/mol. The van der Waals surface area contributed by atoms with E-state index in [4.69, 9.17) is 11.6 Å². The second kappa shape index (κ2) is 8.77. The Kier molecular flexibility index (Phi) is 5.64. The van der Waals surface area contributed by atoms with Gasteiger partial charge in [0.25, 0.3) is 11.8 Å². The van der Waals surface area contributed by atoms with Crippen LogP contribution in [0.25, 0.3) is 5.57 Å². The first-order valence-electron chi connectivity index (χ1n) is 10.1. The standard InChI is InChI=1S/C24H15ClN4O4S/c25-16-12-26-11-10-17(16)27-24-29(14-6-2-1-3-7-14)23(33)21(34-24)20-15-8-4-5-9-18(15)28(22(20)32)13-19(30)31/h1-12H,13H2,(H,30,31)/b21-20-,27-24?. The number of benzene rings is 2. The van der Waals surface area contributed by atoms with Crippen LogP contribution in [0, 0.1) is 0 Å². The Labute approximate surface area is 203 Å². The van der Waals surface area contributed by atoms with Crippen LogP contribution in [0.15, 0.2) is 83.0 Å². The number of halogens is 1. The number of anilines is 2. The van der Waals surface area contributed by atoms with Crippen molar-refractivity contribution in [3.05, 3.63) is 88.5 Å². The normalized spacial score (nSPS) is 18.7. The minimum atomic E-state index is -1.15. The second-order valence-corrected chi connectivity index (χ2v) is 8.69. The van der Waals surface area contributed by atoms with Crippen molar-refractivity contribution < 1.29 is 19.5 Å². The molecule has 1 N–H and O–H groups in total. The zero-order chi connectivity index (χ0) is 23.8. The van der Waals surface area contributed by atoms with E-state index in [1.165, 1.54) is 11.1 Å². The highest BCUT2D eigenvalue weighted by molar-refractivity contribution is 8.19. The number of nitrogens with zero attached hydrogens (tertiary/aromatic N) is 4. The van der Waals surface area contributed by atoms with Gasteiger partial charge in [0.05, 0.1) is 32.6 Å². The number of rotatable bonds is 4. The fourth-order valence-electron chi connectivity index (χ4n) is 3.76. The van der Waals surface area contributed by atoms with E-state index in [1.807, 2.05) is 6.07 Å². The highest BCUT2D eigenvalue weighted by Crippen LogP contribution is 2.46. The zero-order valence-electron chi connectivity index (χ0n) is 17.4. The molecule has 0 aliphatic carbocycles. The predicted octanol–water partition coefficient (Wildman–Crippen LogP) is 4.35. The average molecular weight is 491 g/mol.